The molecule has 0 bridgehead atoms. The van der Waals surface area contributed by atoms with Gasteiger partial charge in [0.2, 0.25) is 11.9 Å². The van der Waals surface area contributed by atoms with E-state index < -0.39 is 18.5 Å². The van der Waals surface area contributed by atoms with Gasteiger partial charge in [-0.2, -0.15) is 13.2 Å². The van der Waals surface area contributed by atoms with Crippen LogP contribution in [0.25, 0.3) is 0 Å². The van der Waals surface area contributed by atoms with Crippen LogP contribution in [0.2, 0.25) is 0 Å². The molecule has 0 aliphatic carbocycles. The highest BCUT2D eigenvalue weighted by Crippen LogP contribution is 2.41. The summed E-state index contributed by atoms with van der Waals surface area (Å²) in [4.78, 5) is 23.6. The Morgan fingerprint density at radius 1 is 1.13 bits per heavy atom. The maximum atomic E-state index is 12.3. The van der Waals surface area contributed by atoms with Crippen LogP contribution in [0, 0.1) is 5.41 Å². The number of carbonyl (C=O) groups excluding carboxylic acids is 1. The number of rotatable bonds is 2. The first-order chi connectivity index (χ1) is 10.9. The molecule has 2 aliphatic rings. The average molecular weight is 328 g/mol. The summed E-state index contributed by atoms with van der Waals surface area (Å²) in [6.07, 6.45) is 0.0505. The van der Waals surface area contributed by atoms with Crippen molar-refractivity contribution in [1.29, 1.82) is 0 Å². The van der Waals surface area contributed by atoms with E-state index in [1.165, 1.54) is 4.90 Å². The lowest BCUT2D eigenvalue weighted by Crippen LogP contribution is -2.45. The van der Waals surface area contributed by atoms with Crippen LogP contribution in [0.15, 0.2) is 18.5 Å². The average Bonchev–Trinajstić information content (AvgIpc) is 2.91. The molecule has 3 rings (SSSR count). The second kappa shape index (κ2) is 5.98. The molecule has 2 saturated heterocycles. The molecule has 0 unspecified atom stereocenters. The van der Waals surface area contributed by atoms with Gasteiger partial charge in [-0.3, -0.25) is 4.79 Å². The van der Waals surface area contributed by atoms with Gasteiger partial charge in [0, 0.05) is 38.6 Å². The first kappa shape index (κ1) is 16.0. The number of amides is 1. The predicted molar refractivity (Wildman–Crippen MR) is 77.8 cm³/mol. The Kier molecular flexibility index (Phi) is 4.16. The van der Waals surface area contributed by atoms with Crippen molar-refractivity contribution in [1.82, 2.24) is 14.9 Å². The van der Waals surface area contributed by atoms with Gasteiger partial charge < -0.3 is 9.80 Å². The SMILES string of the molecule is O=C(CC(F)(F)F)N1CCC2(CC1)CCN(c1ncccn1)C2. The Morgan fingerprint density at radius 2 is 1.74 bits per heavy atom. The highest BCUT2D eigenvalue weighted by atomic mass is 19.4. The zero-order chi connectivity index (χ0) is 16.5. The fourth-order valence-electron chi connectivity index (χ4n) is 3.48. The number of alkyl halides is 3. The zero-order valence-electron chi connectivity index (χ0n) is 12.7. The highest BCUT2D eigenvalue weighted by molar-refractivity contribution is 5.77. The molecule has 23 heavy (non-hydrogen) atoms. The minimum absolute atomic E-state index is 0.0637. The number of halogens is 3. The van der Waals surface area contributed by atoms with Crippen LogP contribution in [-0.4, -0.2) is 53.1 Å². The summed E-state index contributed by atoms with van der Waals surface area (Å²) >= 11 is 0. The van der Waals surface area contributed by atoms with E-state index in [4.69, 9.17) is 0 Å². The minimum atomic E-state index is -4.43. The smallest absolute Gasteiger partial charge is 0.342 e. The molecule has 0 aromatic carbocycles. The van der Waals surface area contributed by atoms with Crippen LogP contribution >= 0.6 is 0 Å². The molecule has 2 aliphatic heterocycles. The van der Waals surface area contributed by atoms with Crippen molar-refractivity contribution in [3.8, 4) is 0 Å². The zero-order valence-corrected chi connectivity index (χ0v) is 12.7. The van der Waals surface area contributed by atoms with Gasteiger partial charge >= 0.3 is 6.18 Å². The number of anilines is 1. The summed E-state index contributed by atoms with van der Waals surface area (Å²) in [5.41, 5.74) is 0.0637. The van der Waals surface area contributed by atoms with E-state index in [9.17, 15) is 18.0 Å². The lowest BCUT2D eigenvalue weighted by Gasteiger charge is -2.39. The number of piperidine rings is 1. The molecule has 2 fully saturated rings. The van der Waals surface area contributed by atoms with Crippen molar-refractivity contribution >= 4 is 11.9 Å². The van der Waals surface area contributed by atoms with Crippen molar-refractivity contribution in [2.45, 2.75) is 31.9 Å². The van der Waals surface area contributed by atoms with E-state index in [2.05, 4.69) is 14.9 Å². The third-order valence-electron chi connectivity index (χ3n) is 4.80. The lowest BCUT2D eigenvalue weighted by atomic mass is 9.77. The summed E-state index contributed by atoms with van der Waals surface area (Å²) in [5.74, 6) is -0.117. The second-order valence-electron chi connectivity index (χ2n) is 6.39. The molecule has 1 amide bonds. The molecule has 8 heteroatoms. The third kappa shape index (κ3) is 3.73. The number of hydrogen-bond acceptors (Lipinski definition) is 4. The molecule has 126 valence electrons. The standard InChI is InChI=1S/C15H19F3N4O/c16-15(17,18)10-12(23)21-7-2-14(3-8-21)4-9-22(11-14)13-19-5-1-6-20-13/h1,5-6H,2-4,7-11H2. The molecule has 1 aromatic rings. The lowest BCUT2D eigenvalue weighted by molar-refractivity contribution is -0.162. The van der Waals surface area contributed by atoms with Gasteiger partial charge in [0.15, 0.2) is 0 Å². The summed E-state index contributed by atoms with van der Waals surface area (Å²) in [7, 11) is 0. The van der Waals surface area contributed by atoms with E-state index in [0.29, 0.717) is 19.0 Å². The Morgan fingerprint density at radius 3 is 2.35 bits per heavy atom. The van der Waals surface area contributed by atoms with E-state index in [0.717, 1.165) is 32.4 Å². The Labute approximate surface area is 132 Å². The van der Waals surface area contributed by atoms with Gasteiger partial charge in [-0.1, -0.05) is 0 Å². The largest absolute Gasteiger partial charge is 0.397 e. The summed E-state index contributed by atoms with van der Waals surface area (Å²) in [5, 5.41) is 0. The third-order valence-corrected chi connectivity index (χ3v) is 4.80. The first-order valence-electron chi connectivity index (χ1n) is 7.73. The quantitative estimate of drug-likeness (QED) is 0.835. The van der Waals surface area contributed by atoms with Gasteiger partial charge in [-0.25, -0.2) is 9.97 Å². The Hall–Kier alpha value is -1.86. The molecule has 0 saturated carbocycles. The van der Waals surface area contributed by atoms with E-state index in [-0.39, 0.29) is 5.41 Å². The molecule has 0 N–H and O–H groups in total. The fraction of sp³-hybridized carbons (Fsp3) is 0.667. The number of hydrogen-bond donors (Lipinski definition) is 0. The van der Waals surface area contributed by atoms with E-state index >= 15 is 0 Å². The molecular weight excluding hydrogens is 309 g/mol. The maximum absolute atomic E-state index is 12.3. The fourth-order valence-corrected chi connectivity index (χ4v) is 3.48. The molecule has 0 radical (unpaired) electrons. The van der Waals surface area contributed by atoms with Crippen LogP contribution in [-0.2, 0) is 4.79 Å². The first-order valence-corrected chi connectivity index (χ1v) is 7.73. The van der Waals surface area contributed by atoms with Crippen molar-refractivity contribution in [2.75, 3.05) is 31.1 Å². The predicted octanol–water partition coefficient (Wildman–Crippen LogP) is 2.25. The molecule has 3 heterocycles. The topological polar surface area (TPSA) is 49.3 Å². The van der Waals surface area contributed by atoms with Gasteiger partial charge in [0.25, 0.3) is 0 Å². The van der Waals surface area contributed by atoms with Crippen LogP contribution in [0.4, 0.5) is 19.1 Å². The van der Waals surface area contributed by atoms with Crippen molar-refractivity contribution < 1.29 is 18.0 Å². The van der Waals surface area contributed by atoms with Crippen LogP contribution < -0.4 is 4.90 Å². The number of aromatic nitrogens is 2. The van der Waals surface area contributed by atoms with Crippen LogP contribution in [0.5, 0.6) is 0 Å². The minimum Gasteiger partial charge on any atom is -0.342 e. The number of carbonyl (C=O) groups is 1. The van der Waals surface area contributed by atoms with E-state index in [1.54, 1.807) is 18.5 Å². The Bertz CT molecular complexity index is 556. The second-order valence-corrected chi connectivity index (χ2v) is 6.39. The van der Waals surface area contributed by atoms with Crippen molar-refractivity contribution in [3.63, 3.8) is 0 Å². The molecule has 1 spiro atoms. The van der Waals surface area contributed by atoms with Gasteiger partial charge in [0.1, 0.15) is 6.42 Å². The van der Waals surface area contributed by atoms with Crippen LogP contribution in [0.1, 0.15) is 25.7 Å². The van der Waals surface area contributed by atoms with Crippen molar-refractivity contribution in [2.24, 2.45) is 5.41 Å². The summed E-state index contributed by atoms with van der Waals surface area (Å²) in [6, 6.07) is 1.76. The molecule has 0 atom stereocenters. The van der Waals surface area contributed by atoms with Crippen LogP contribution in [0.3, 0.4) is 0 Å². The van der Waals surface area contributed by atoms with Gasteiger partial charge in [-0.05, 0) is 30.7 Å². The molecular formula is C15H19F3N4O. The van der Waals surface area contributed by atoms with Gasteiger partial charge in [0.05, 0.1) is 0 Å². The normalized spacial score (nSPS) is 21.0. The highest BCUT2D eigenvalue weighted by Gasteiger charge is 2.43. The summed E-state index contributed by atoms with van der Waals surface area (Å²) < 4.78 is 37.0. The van der Waals surface area contributed by atoms with E-state index in [1.807, 2.05) is 0 Å². The summed E-state index contributed by atoms with van der Waals surface area (Å²) in [6.45, 7) is 2.45. The van der Waals surface area contributed by atoms with Crippen molar-refractivity contribution in [3.05, 3.63) is 18.5 Å². The number of nitrogens with zero attached hydrogens (tertiary/aromatic N) is 4. The molecule has 5 nitrogen and oxygen atoms in total. The van der Waals surface area contributed by atoms with Gasteiger partial charge in [-0.15, -0.1) is 0 Å². The molecule has 1 aromatic heterocycles. The monoisotopic (exact) mass is 328 g/mol. The number of likely N-dealkylation sites (tertiary alicyclic amines) is 1. The maximum Gasteiger partial charge on any atom is 0.397 e. The Balaban J connectivity index is 1.56.